The van der Waals surface area contributed by atoms with Gasteiger partial charge in [-0.2, -0.15) is 0 Å². The third-order valence-corrected chi connectivity index (χ3v) is 2.22. The van der Waals surface area contributed by atoms with Gasteiger partial charge >= 0.3 is 0 Å². The van der Waals surface area contributed by atoms with Gasteiger partial charge in [0.2, 0.25) is 0 Å². The van der Waals surface area contributed by atoms with E-state index in [0.29, 0.717) is 39.1 Å². The third kappa shape index (κ3) is 3.49. The zero-order valence-corrected chi connectivity index (χ0v) is 8.07. The first kappa shape index (κ1) is 11.2. The number of nitrogens with zero attached hydrogens (tertiary/aromatic N) is 1. The molecule has 0 aliphatic carbocycles. The average Bonchev–Trinajstić information content (AvgIpc) is 2.60. The summed E-state index contributed by atoms with van der Waals surface area (Å²) >= 11 is 0. The monoisotopic (exact) mass is 203 g/mol. The quantitative estimate of drug-likeness (QED) is 0.149. The standard InChI is InChI=1S/C8H17N3O3/c9-7(11-13)1-3-10-5-8(12)2-4-14-6-8/h10,12-13H,1-6H2,(H2,9,11). The van der Waals surface area contributed by atoms with Crippen LogP contribution in [0.3, 0.4) is 0 Å². The minimum Gasteiger partial charge on any atom is -0.409 e. The Morgan fingerprint density at radius 2 is 2.43 bits per heavy atom. The Bertz CT molecular complexity index is 202. The summed E-state index contributed by atoms with van der Waals surface area (Å²) in [5.74, 6) is 0.187. The largest absolute Gasteiger partial charge is 0.409 e. The van der Waals surface area contributed by atoms with Crippen LogP contribution in [0.5, 0.6) is 0 Å². The van der Waals surface area contributed by atoms with E-state index in [-0.39, 0.29) is 5.84 Å². The summed E-state index contributed by atoms with van der Waals surface area (Å²) in [5, 5.41) is 24.0. The molecule has 6 heteroatoms. The van der Waals surface area contributed by atoms with Gasteiger partial charge in [0, 0.05) is 32.5 Å². The van der Waals surface area contributed by atoms with E-state index in [1.807, 2.05) is 0 Å². The van der Waals surface area contributed by atoms with Crippen molar-refractivity contribution in [3.63, 3.8) is 0 Å². The lowest BCUT2D eigenvalue weighted by atomic mass is 10.0. The lowest BCUT2D eigenvalue weighted by Crippen LogP contribution is -2.41. The van der Waals surface area contributed by atoms with Gasteiger partial charge in [-0.3, -0.25) is 0 Å². The topological polar surface area (TPSA) is 100 Å². The molecule has 1 heterocycles. The SMILES string of the molecule is NC(CCNCC1(O)CCOC1)=NO. The summed E-state index contributed by atoms with van der Waals surface area (Å²) < 4.78 is 5.08. The minimum absolute atomic E-state index is 0.187. The Balaban J connectivity index is 2.09. The molecule has 1 unspecified atom stereocenters. The van der Waals surface area contributed by atoms with Gasteiger partial charge in [0.1, 0.15) is 11.4 Å². The highest BCUT2D eigenvalue weighted by Crippen LogP contribution is 2.16. The molecular weight excluding hydrogens is 186 g/mol. The van der Waals surface area contributed by atoms with Crippen molar-refractivity contribution >= 4 is 5.84 Å². The van der Waals surface area contributed by atoms with Gasteiger partial charge in [-0.05, 0) is 0 Å². The summed E-state index contributed by atoms with van der Waals surface area (Å²) in [5.41, 5.74) is 4.53. The fourth-order valence-electron chi connectivity index (χ4n) is 1.32. The van der Waals surface area contributed by atoms with Crippen LogP contribution in [0.1, 0.15) is 12.8 Å². The predicted octanol–water partition coefficient (Wildman–Crippen LogP) is -1.14. The maximum atomic E-state index is 9.82. The molecule has 82 valence electrons. The summed E-state index contributed by atoms with van der Waals surface area (Å²) in [6.07, 6.45) is 1.12. The summed E-state index contributed by atoms with van der Waals surface area (Å²) in [6.45, 7) is 2.05. The van der Waals surface area contributed by atoms with Crippen molar-refractivity contribution in [2.24, 2.45) is 10.9 Å². The first-order valence-electron chi connectivity index (χ1n) is 4.63. The van der Waals surface area contributed by atoms with Crippen LogP contribution < -0.4 is 11.1 Å². The number of ether oxygens (including phenoxy) is 1. The van der Waals surface area contributed by atoms with Crippen LogP contribution in [-0.2, 0) is 4.74 Å². The molecule has 0 radical (unpaired) electrons. The Hall–Kier alpha value is -0.850. The summed E-state index contributed by atoms with van der Waals surface area (Å²) in [7, 11) is 0. The first-order valence-corrected chi connectivity index (χ1v) is 4.63. The highest BCUT2D eigenvalue weighted by Gasteiger charge is 2.31. The van der Waals surface area contributed by atoms with Crippen molar-refractivity contribution in [2.75, 3.05) is 26.3 Å². The van der Waals surface area contributed by atoms with E-state index in [9.17, 15) is 5.11 Å². The molecule has 5 N–H and O–H groups in total. The van der Waals surface area contributed by atoms with Crippen molar-refractivity contribution < 1.29 is 15.1 Å². The molecule has 1 rings (SSSR count). The van der Waals surface area contributed by atoms with E-state index < -0.39 is 5.60 Å². The molecule has 0 saturated carbocycles. The van der Waals surface area contributed by atoms with Crippen LogP contribution in [0.15, 0.2) is 5.16 Å². The van der Waals surface area contributed by atoms with Crippen LogP contribution >= 0.6 is 0 Å². The van der Waals surface area contributed by atoms with Gasteiger partial charge in [-0.25, -0.2) is 0 Å². The Kier molecular flexibility index (Phi) is 4.12. The second-order valence-corrected chi connectivity index (χ2v) is 3.55. The number of amidine groups is 1. The second-order valence-electron chi connectivity index (χ2n) is 3.55. The number of oxime groups is 1. The van der Waals surface area contributed by atoms with Gasteiger partial charge < -0.3 is 26.1 Å². The molecule has 0 aromatic carbocycles. The Morgan fingerprint density at radius 1 is 1.64 bits per heavy atom. The molecular formula is C8H17N3O3. The van der Waals surface area contributed by atoms with Gasteiger partial charge in [-0.15, -0.1) is 0 Å². The van der Waals surface area contributed by atoms with Gasteiger partial charge in [-0.1, -0.05) is 5.16 Å². The predicted molar refractivity (Wildman–Crippen MR) is 51.3 cm³/mol. The van der Waals surface area contributed by atoms with E-state index in [2.05, 4.69) is 10.5 Å². The lowest BCUT2D eigenvalue weighted by Gasteiger charge is -2.20. The van der Waals surface area contributed by atoms with Gasteiger partial charge in [0.15, 0.2) is 0 Å². The van der Waals surface area contributed by atoms with Crippen LogP contribution in [-0.4, -0.2) is 48.1 Å². The maximum absolute atomic E-state index is 9.82. The van der Waals surface area contributed by atoms with Crippen molar-refractivity contribution in [3.05, 3.63) is 0 Å². The summed E-state index contributed by atoms with van der Waals surface area (Å²) in [6, 6.07) is 0. The zero-order valence-electron chi connectivity index (χ0n) is 8.07. The van der Waals surface area contributed by atoms with Crippen LogP contribution in [0, 0.1) is 0 Å². The first-order chi connectivity index (χ1) is 6.66. The molecule has 1 aliphatic rings. The molecule has 1 saturated heterocycles. The Labute approximate surface area is 82.7 Å². The van der Waals surface area contributed by atoms with E-state index in [4.69, 9.17) is 15.7 Å². The molecule has 6 nitrogen and oxygen atoms in total. The molecule has 1 fully saturated rings. The number of hydrogen-bond acceptors (Lipinski definition) is 5. The molecule has 0 amide bonds. The van der Waals surface area contributed by atoms with Gasteiger partial charge in [0.05, 0.1) is 6.61 Å². The maximum Gasteiger partial charge on any atom is 0.140 e. The molecule has 0 aromatic heterocycles. The fourth-order valence-corrected chi connectivity index (χ4v) is 1.32. The molecule has 0 bridgehead atoms. The number of rotatable bonds is 5. The summed E-state index contributed by atoms with van der Waals surface area (Å²) in [4.78, 5) is 0. The smallest absolute Gasteiger partial charge is 0.140 e. The number of aliphatic hydroxyl groups is 1. The lowest BCUT2D eigenvalue weighted by molar-refractivity contribution is 0.0274. The molecule has 0 spiro atoms. The van der Waals surface area contributed by atoms with Crippen molar-refractivity contribution in [1.82, 2.24) is 5.32 Å². The molecule has 1 aliphatic heterocycles. The van der Waals surface area contributed by atoms with E-state index in [1.165, 1.54) is 0 Å². The highest BCUT2D eigenvalue weighted by molar-refractivity contribution is 5.79. The molecule has 0 aromatic rings. The number of nitrogens with one attached hydrogen (secondary N) is 1. The number of nitrogens with two attached hydrogens (primary N) is 1. The molecule has 14 heavy (non-hydrogen) atoms. The fraction of sp³-hybridized carbons (Fsp3) is 0.875. The van der Waals surface area contributed by atoms with Crippen molar-refractivity contribution in [3.8, 4) is 0 Å². The molecule has 1 atom stereocenters. The Morgan fingerprint density at radius 3 is 3.00 bits per heavy atom. The minimum atomic E-state index is -0.745. The van der Waals surface area contributed by atoms with E-state index in [1.54, 1.807) is 0 Å². The normalized spacial score (nSPS) is 28.2. The van der Waals surface area contributed by atoms with E-state index in [0.717, 1.165) is 0 Å². The van der Waals surface area contributed by atoms with Crippen molar-refractivity contribution in [1.29, 1.82) is 0 Å². The van der Waals surface area contributed by atoms with Crippen molar-refractivity contribution in [2.45, 2.75) is 18.4 Å². The van der Waals surface area contributed by atoms with Crippen LogP contribution in [0.2, 0.25) is 0 Å². The van der Waals surface area contributed by atoms with Crippen LogP contribution in [0.4, 0.5) is 0 Å². The third-order valence-electron chi connectivity index (χ3n) is 2.22. The second kappa shape index (κ2) is 5.14. The van der Waals surface area contributed by atoms with E-state index >= 15 is 0 Å². The van der Waals surface area contributed by atoms with Gasteiger partial charge in [0.25, 0.3) is 0 Å². The van der Waals surface area contributed by atoms with Crippen LogP contribution in [0.25, 0.3) is 0 Å². The zero-order chi connectivity index (χ0) is 10.4. The average molecular weight is 203 g/mol. The number of hydrogen-bond donors (Lipinski definition) is 4. The highest BCUT2D eigenvalue weighted by atomic mass is 16.5.